The first-order chi connectivity index (χ1) is 29.7. The van der Waals surface area contributed by atoms with Gasteiger partial charge in [-0.2, -0.15) is 0 Å². The molecule has 0 aromatic heterocycles. The van der Waals surface area contributed by atoms with Gasteiger partial charge < -0.3 is 4.90 Å². The Bertz CT molecular complexity index is 3060. The molecular weight excluding hydrogens is 747 g/mol. The second-order valence-electron chi connectivity index (χ2n) is 20.6. The van der Waals surface area contributed by atoms with Crippen molar-refractivity contribution in [3.8, 4) is 44.5 Å². The lowest BCUT2D eigenvalue weighted by molar-refractivity contribution is 0.586. The summed E-state index contributed by atoms with van der Waals surface area (Å²) in [7, 11) is 0. The van der Waals surface area contributed by atoms with Crippen LogP contribution in [0.25, 0.3) is 44.5 Å². The number of rotatable bonds is 4. The molecule has 62 heavy (non-hydrogen) atoms. The average molecular weight is 802 g/mol. The first-order valence-electron chi connectivity index (χ1n) is 22.4. The van der Waals surface area contributed by atoms with Crippen LogP contribution in [-0.2, 0) is 21.7 Å². The van der Waals surface area contributed by atoms with Crippen molar-refractivity contribution < 1.29 is 0 Å². The Morgan fingerprint density at radius 1 is 0.355 bits per heavy atom. The number of hydrogen-bond acceptors (Lipinski definition) is 1. The van der Waals surface area contributed by atoms with E-state index < -0.39 is 5.41 Å². The van der Waals surface area contributed by atoms with E-state index in [0.717, 1.165) is 17.1 Å². The maximum absolute atomic E-state index is 2.55. The van der Waals surface area contributed by atoms with Gasteiger partial charge in [-0.15, -0.1) is 0 Å². The minimum Gasteiger partial charge on any atom is -0.310 e. The zero-order valence-electron chi connectivity index (χ0n) is 37.6. The standard InChI is InChI=1S/C61H55N/c1-38-16-10-11-17-45(38)39-22-26-42(27-23-39)62(43-29-33-53-51(36-43)47-19-12-14-20-52(47)60(53,8)9)44-28-32-50-46-18-13-15-21-54(46)61(57(50)37-44)55-34-40(58(2,3)4)24-30-48(55)49-31-25-41(35-56(49)61)59(5,6)7/h10-37H,1-9H3. The first-order valence-corrected chi connectivity index (χ1v) is 22.4. The highest BCUT2D eigenvalue weighted by Gasteiger charge is 2.52. The van der Waals surface area contributed by atoms with Crippen molar-refractivity contribution >= 4 is 17.1 Å². The maximum atomic E-state index is 2.55. The van der Waals surface area contributed by atoms with E-state index in [1.807, 2.05) is 0 Å². The number of anilines is 3. The Morgan fingerprint density at radius 2 is 0.790 bits per heavy atom. The molecule has 0 aliphatic heterocycles. The van der Waals surface area contributed by atoms with Crippen LogP contribution in [0.15, 0.2) is 170 Å². The Morgan fingerprint density at radius 3 is 1.39 bits per heavy atom. The van der Waals surface area contributed by atoms with Crippen LogP contribution >= 0.6 is 0 Å². The minimum absolute atomic E-state index is 0.00757. The van der Waals surface area contributed by atoms with Crippen molar-refractivity contribution in [1.82, 2.24) is 0 Å². The Kier molecular flexibility index (Phi) is 8.24. The van der Waals surface area contributed by atoms with Gasteiger partial charge in [0.25, 0.3) is 0 Å². The summed E-state index contributed by atoms with van der Waals surface area (Å²) in [6.45, 7) is 21.0. The molecule has 1 spiro atoms. The highest BCUT2D eigenvalue weighted by molar-refractivity contribution is 5.97. The molecular formula is C61H55N. The van der Waals surface area contributed by atoms with Crippen molar-refractivity contribution in [3.05, 3.63) is 220 Å². The summed E-state index contributed by atoms with van der Waals surface area (Å²) < 4.78 is 0. The van der Waals surface area contributed by atoms with Gasteiger partial charge in [0.05, 0.1) is 5.41 Å². The van der Waals surface area contributed by atoms with Crippen LogP contribution in [0.5, 0.6) is 0 Å². The summed E-state index contributed by atoms with van der Waals surface area (Å²) in [6.07, 6.45) is 0. The van der Waals surface area contributed by atoms with Crippen LogP contribution in [0.1, 0.15) is 105 Å². The van der Waals surface area contributed by atoms with E-state index in [1.165, 1.54) is 94.6 Å². The third-order valence-corrected chi connectivity index (χ3v) is 14.6. The molecule has 1 heteroatoms. The van der Waals surface area contributed by atoms with E-state index in [9.17, 15) is 0 Å². The molecule has 0 radical (unpaired) electrons. The van der Waals surface area contributed by atoms with E-state index in [0.29, 0.717) is 0 Å². The molecule has 0 atom stereocenters. The number of fused-ring (bicyclic) bond motifs is 13. The molecule has 0 saturated carbocycles. The predicted molar refractivity (Wildman–Crippen MR) is 263 cm³/mol. The van der Waals surface area contributed by atoms with Gasteiger partial charge in [0.15, 0.2) is 0 Å². The summed E-state index contributed by atoms with van der Waals surface area (Å²) in [5, 5.41) is 0. The van der Waals surface area contributed by atoms with Crippen molar-refractivity contribution in [1.29, 1.82) is 0 Å². The van der Waals surface area contributed by atoms with Crippen LogP contribution in [0.4, 0.5) is 17.1 Å². The third-order valence-electron chi connectivity index (χ3n) is 14.6. The molecule has 3 aliphatic carbocycles. The number of hydrogen-bond donors (Lipinski definition) is 0. The number of nitrogens with zero attached hydrogens (tertiary/aromatic N) is 1. The average Bonchev–Trinajstić information content (AvgIpc) is 3.81. The van der Waals surface area contributed by atoms with E-state index in [4.69, 9.17) is 0 Å². The molecule has 8 aromatic carbocycles. The lowest BCUT2D eigenvalue weighted by atomic mass is 9.68. The molecule has 0 fully saturated rings. The topological polar surface area (TPSA) is 3.24 Å². The van der Waals surface area contributed by atoms with E-state index >= 15 is 0 Å². The monoisotopic (exact) mass is 801 g/mol. The van der Waals surface area contributed by atoms with Gasteiger partial charge in [-0.1, -0.05) is 189 Å². The summed E-state index contributed by atoms with van der Waals surface area (Å²) in [5.74, 6) is 0. The fourth-order valence-corrected chi connectivity index (χ4v) is 11.2. The highest BCUT2D eigenvalue weighted by Crippen LogP contribution is 2.64. The third kappa shape index (κ3) is 5.46. The van der Waals surface area contributed by atoms with Gasteiger partial charge in [-0.25, -0.2) is 0 Å². The zero-order valence-corrected chi connectivity index (χ0v) is 37.6. The van der Waals surface area contributed by atoms with E-state index in [-0.39, 0.29) is 16.2 Å². The van der Waals surface area contributed by atoms with Gasteiger partial charge in [-0.3, -0.25) is 0 Å². The molecule has 304 valence electrons. The molecule has 0 amide bonds. The van der Waals surface area contributed by atoms with Crippen LogP contribution in [0, 0.1) is 6.92 Å². The summed E-state index contributed by atoms with van der Waals surface area (Å²) >= 11 is 0. The number of aryl methyl sites for hydroxylation is 1. The van der Waals surface area contributed by atoms with Crippen LogP contribution < -0.4 is 4.90 Å². The molecule has 1 nitrogen and oxygen atoms in total. The molecule has 0 heterocycles. The molecule has 0 bridgehead atoms. The molecule has 0 unspecified atom stereocenters. The largest absolute Gasteiger partial charge is 0.310 e. The van der Waals surface area contributed by atoms with Gasteiger partial charge in [0, 0.05) is 22.5 Å². The summed E-state index contributed by atoms with van der Waals surface area (Å²) in [5.41, 5.74) is 25.6. The van der Waals surface area contributed by atoms with Crippen LogP contribution in [0.3, 0.4) is 0 Å². The Hall–Kier alpha value is -6.44. The molecule has 8 aromatic rings. The second kappa shape index (κ2) is 13.3. The Balaban J connectivity index is 1.18. The fraction of sp³-hybridized carbons (Fsp3) is 0.213. The van der Waals surface area contributed by atoms with Gasteiger partial charge in [-0.05, 0) is 149 Å². The SMILES string of the molecule is Cc1ccccc1-c1ccc(N(c2ccc3c(c2)-c2ccccc2C3(C)C)c2ccc3c(c2)C2(c4ccccc4-3)c3cc(C(C)(C)C)ccc3-c3ccc(C(C)(C)C)cc32)cc1. The Labute approximate surface area is 368 Å². The summed E-state index contributed by atoms with van der Waals surface area (Å²) in [4.78, 5) is 2.50. The zero-order chi connectivity index (χ0) is 42.9. The van der Waals surface area contributed by atoms with Gasteiger partial charge in [0.2, 0.25) is 0 Å². The predicted octanol–water partition coefficient (Wildman–Crippen LogP) is 16.4. The molecule has 3 aliphatic rings. The van der Waals surface area contributed by atoms with Gasteiger partial charge >= 0.3 is 0 Å². The quantitative estimate of drug-likeness (QED) is 0.171. The van der Waals surface area contributed by atoms with Crippen LogP contribution in [0.2, 0.25) is 0 Å². The minimum atomic E-state index is -0.490. The first kappa shape index (κ1) is 38.5. The lowest BCUT2D eigenvalue weighted by Crippen LogP contribution is -2.27. The van der Waals surface area contributed by atoms with Crippen molar-refractivity contribution in [3.63, 3.8) is 0 Å². The van der Waals surface area contributed by atoms with Crippen molar-refractivity contribution in [2.24, 2.45) is 0 Å². The van der Waals surface area contributed by atoms with Crippen LogP contribution in [-0.4, -0.2) is 0 Å². The summed E-state index contributed by atoms with van der Waals surface area (Å²) in [6, 6.07) is 65.3. The maximum Gasteiger partial charge on any atom is 0.0726 e. The van der Waals surface area contributed by atoms with Crippen molar-refractivity contribution in [2.45, 2.75) is 84.0 Å². The van der Waals surface area contributed by atoms with E-state index in [1.54, 1.807) is 0 Å². The fourth-order valence-electron chi connectivity index (χ4n) is 11.2. The molecule has 0 N–H and O–H groups in total. The lowest BCUT2D eigenvalue weighted by Gasteiger charge is -2.34. The van der Waals surface area contributed by atoms with Crippen molar-refractivity contribution in [2.75, 3.05) is 4.90 Å². The van der Waals surface area contributed by atoms with Gasteiger partial charge in [0.1, 0.15) is 0 Å². The molecule has 11 rings (SSSR count). The second-order valence-corrected chi connectivity index (χ2v) is 20.6. The normalized spacial score (nSPS) is 14.8. The molecule has 0 saturated heterocycles. The number of benzene rings is 8. The van der Waals surface area contributed by atoms with E-state index in [2.05, 4.69) is 237 Å². The smallest absolute Gasteiger partial charge is 0.0726 e. The highest BCUT2D eigenvalue weighted by atomic mass is 15.1.